The van der Waals surface area contributed by atoms with E-state index in [1.54, 1.807) is 38.3 Å². The lowest BCUT2D eigenvalue weighted by Gasteiger charge is -2.01. The fourth-order valence-electron chi connectivity index (χ4n) is 1.66. The number of furan rings is 1. The van der Waals surface area contributed by atoms with Crippen LogP contribution in [0.5, 0.6) is 5.75 Å². The van der Waals surface area contributed by atoms with Crippen molar-refractivity contribution >= 4 is 34.2 Å². The topological polar surface area (TPSA) is 51.5 Å². The van der Waals surface area contributed by atoms with Gasteiger partial charge < -0.3 is 14.5 Å². The van der Waals surface area contributed by atoms with Gasteiger partial charge in [-0.3, -0.25) is 4.79 Å². The van der Waals surface area contributed by atoms with Crippen LogP contribution in [0, 0.1) is 0 Å². The average Bonchev–Trinajstić information content (AvgIpc) is 2.66. The maximum absolute atomic E-state index is 11.5. The van der Waals surface area contributed by atoms with Gasteiger partial charge >= 0.3 is 0 Å². The van der Waals surface area contributed by atoms with Gasteiger partial charge in [0.2, 0.25) is 11.1 Å². The van der Waals surface area contributed by atoms with Crippen molar-refractivity contribution < 1.29 is 13.9 Å². The minimum Gasteiger partial charge on any atom is -0.493 e. The molecule has 0 unspecified atom stereocenters. The minimum atomic E-state index is -0.259. The van der Waals surface area contributed by atoms with E-state index >= 15 is 0 Å². The summed E-state index contributed by atoms with van der Waals surface area (Å²) in [6.45, 7) is 1.76. The van der Waals surface area contributed by atoms with Crippen LogP contribution in [0.3, 0.4) is 0 Å². The number of hydrogen-bond acceptors (Lipinski definition) is 3. The second-order valence-corrected chi connectivity index (χ2v) is 3.92. The Bertz CT molecular complexity index is 616. The highest BCUT2D eigenvalue weighted by Gasteiger charge is 2.16. The molecule has 0 fully saturated rings. The standard InChI is InChI=1S/C13H12ClNO3/c1-3-5-10(16)15-11-8-6-4-7-9(17-2)12(8)18-13(11)14/h3-7H,1-2H3,(H,15,16)/b5-3+. The smallest absolute Gasteiger partial charge is 0.248 e. The van der Waals surface area contributed by atoms with Crippen LogP contribution in [0.1, 0.15) is 6.92 Å². The van der Waals surface area contributed by atoms with Crippen molar-refractivity contribution in [3.05, 3.63) is 35.6 Å². The highest BCUT2D eigenvalue weighted by molar-refractivity contribution is 6.34. The van der Waals surface area contributed by atoms with E-state index in [2.05, 4.69) is 5.32 Å². The first-order valence-electron chi connectivity index (χ1n) is 5.36. The van der Waals surface area contributed by atoms with Crippen LogP contribution in [0.15, 0.2) is 34.8 Å². The fraction of sp³-hybridized carbons (Fsp3) is 0.154. The summed E-state index contributed by atoms with van der Waals surface area (Å²) in [7, 11) is 1.54. The number of rotatable bonds is 3. The highest BCUT2D eigenvalue weighted by Crippen LogP contribution is 2.38. The van der Waals surface area contributed by atoms with Crippen LogP contribution in [-0.4, -0.2) is 13.0 Å². The number of anilines is 1. The highest BCUT2D eigenvalue weighted by atomic mass is 35.5. The van der Waals surface area contributed by atoms with Crippen LogP contribution in [0.25, 0.3) is 11.0 Å². The molecule has 0 spiro atoms. The summed E-state index contributed by atoms with van der Waals surface area (Å²) < 4.78 is 10.6. The molecular formula is C13H12ClNO3. The zero-order valence-corrected chi connectivity index (χ0v) is 10.7. The predicted molar refractivity (Wildman–Crippen MR) is 71.2 cm³/mol. The second kappa shape index (κ2) is 5.14. The lowest BCUT2D eigenvalue weighted by atomic mass is 10.2. The summed E-state index contributed by atoms with van der Waals surface area (Å²) in [5.41, 5.74) is 0.967. The molecule has 1 amide bonds. The van der Waals surface area contributed by atoms with Gasteiger partial charge in [-0.05, 0) is 36.7 Å². The van der Waals surface area contributed by atoms with E-state index in [9.17, 15) is 4.79 Å². The number of fused-ring (bicyclic) bond motifs is 1. The van der Waals surface area contributed by atoms with Gasteiger partial charge in [0, 0.05) is 5.39 Å². The Labute approximate surface area is 109 Å². The van der Waals surface area contributed by atoms with Gasteiger partial charge in [-0.15, -0.1) is 0 Å². The number of para-hydroxylation sites is 1. The molecule has 0 aliphatic heterocycles. The molecule has 1 aromatic heterocycles. The van der Waals surface area contributed by atoms with E-state index < -0.39 is 0 Å². The first kappa shape index (κ1) is 12.5. The Balaban J connectivity index is 2.51. The van der Waals surface area contributed by atoms with Crippen molar-refractivity contribution in [1.29, 1.82) is 0 Å². The largest absolute Gasteiger partial charge is 0.493 e. The third kappa shape index (κ3) is 2.19. The molecule has 0 radical (unpaired) electrons. The summed E-state index contributed by atoms with van der Waals surface area (Å²) in [6, 6.07) is 5.37. The van der Waals surface area contributed by atoms with Crippen molar-refractivity contribution in [3.8, 4) is 5.75 Å². The van der Waals surface area contributed by atoms with Crippen molar-refractivity contribution in [1.82, 2.24) is 0 Å². The summed E-state index contributed by atoms with van der Waals surface area (Å²) in [5, 5.41) is 3.52. The normalized spacial score (nSPS) is 11.1. The zero-order chi connectivity index (χ0) is 13.1. The molecule has 0 bridgehead atoms. The van der Waals surface area contributed by atoms with E-state index in [4.69, 9.17) is 20.8 Å². The van der Waals surface area contributed by atoms with Crippen molar-refractivity contribution in [2.24, 2.45) is 0 Å². The molecule has 94 valence electrons. The molecule has 0 saturated heterocycles. The van der Waals surface area contributed by atoms with Crippen LogP contribution >= 0.6 is 11.6 Å². The van der Waals surface area contributed by atoms with E-state index in [1.807, 2.05) is 0 Å². The van der Waals surface area contributed by atoms with Crippen LogP contribution in [0.2, 0.25) is 5.22 Å². The van der Waals surface area contributed by atoms with E-state index in [1.165, 1.54) is 6.08 Å². The van der Waals surface area contributed by atoms with Gasteiger partial charge in [0.1, 0.15) is 5.69 Å². The van der Waals surface area contributed by atoms with E-state index in [0.717, 1.165) is 0 Å². The second-order valence-electron chi connectivity index (χ2n) is 3.58. The molecule has 2 rings (SSSR count). The van der Waals surface area contributed by atoms with Gasteiger partial charge in [0.25, 0.3) is 0 Å². The quantitative estimate of drug-likeness (QED) is 0.863. The van der Waals surface area contributed by atoms with Gasteiger partial charge in [0.05, 0.1) is 7.11 Å². The van der Waals surface area contributed by atoms with Crippen molar-refractivity contribution in [2.75, 3.05) is 12.4 Å². The van der Waals surface area contributed by atoms with Crippen molar-refractivity contribution in [2.45, 2.75) is 6.92 Å². The summed E-state index contributed by atoms with van der Waals surface area (Å²) in [4.78, 5) is 11.5. The van der Waals surface area contributed by atoms with Gasteiger partial charge in [-0.25, -0.2) is 0 Å². The molecule has 1 aromatic carbocycles. The molecule has 18 heavy (non-hydrogen) atoms. The summed E-state index contributed by atoms with van der Waals surface area (Å²) in [5.74, 6) is 0.311. The molecule has 0 aliphatic carbocycles. The summed E-state index contributed by atoms with van der Waals surface area (Å²) >= 11 is 5.98. The number of allylic oxidation sites excluding steroid dienone is 1. The maximum atomic E-state index is 11.5. The Hall–Kier alpha value is -1.94. The Morgan fingerprint density at radius 3 is 2.94 bits per heavy atom. The van der Waals surface area contributed by atoms with Crippen molar-refractivity contribution in [3.63, 3.8) is 0 Å². The Morgan fingerprint density at radius 1 is 1.50 bits per heavy atom. The number of benzene rings is 1. The molecular weight excluding hydrogens is 254 g/mol. The number of methoxy groups -OCH3 is 1. The number of amides is 1. The number of hydrogen-bond donors (Lipinski definition) is 1. The van der Waals surface area contributed by atoms with E-state index in [0.29, 0.717) is 22.4 Å². The van der Waals surface area contributed by atoms with Crippen LogP contribution < -0.4 is 10.1 Å². The molecule has 0 atom stereocenters. The minimum absolute atomic E-state index is 0.132. The van der Waals surface area contributed by atoms with Gasteiger partial charge in [-0.1, -0.05) is 12.1 Å². The molecule has 4 nitrogen and oxygen atoms in total. The van der Waals surface area contributed by atoms with E-state index in [-0.39, 0.29) is 11.1 Å². The first-order chi connectivity index (χ1) is 8.67. The van der Waals surface area contributed by atoms with Crippen LogP contribution in [0.4, 0.5) is 5.69 Å². The Kier molecular flexibility index (Phi) is 3.58. The van der Waals surface area contributed by atoms with Gasteiger partial charge in [-0.2, -0.15) is 0 Å². The molecule has 0 saturated carbocycles. The third-order valence-electron chi connectivity index (χ3n) is 2.42. The number of halogens is 1. The SMILES string of the molecule is C/C=C/C(=O)Nc1c(Cl)oc2c(OC)cccc12. The fourth-order valence-corrected chi connectivity index (χ4v) is 1.88. The molecule has 2 aromatic rings. The summed E-state index contributed by atoms with van der Waals surface area (Å²) in [6.07, 6.45) is 3.06. The molecule has 0 aliphatic rings. The van der Waals surface area contributed by atoms with Gasteiger partial charge in [0.15, 0.2) is 11.3 Å². The number of carbonyl (C=O) groups is 1. The number of ether oxygens (including phenoxy) is 1. The number of carbonyl (C=O) groups excluding carboxylic acids is 1. The predicted octanol–water partition coefficient (Wildman–Crippen LogP) is 3.61. The number of nitrogens with one attached hydrogen (secondary N) is 1. The monoisotopic (exact) mass is 265 g/mol. The molecule has 5 heteroatoms. The Morgan fingerprint density at radius 2 is 2.28 bits per heavy atom. The van der Waals surface area contributed by atoms with Crippen LogP contribution in [-0.2, 0) is 4.79 Å². The lowest BCUT2D eigenvalue weighted by Crippen LogP contribution is -2.07. The third-order valence-corrected chi connectivity index (χ3v) is 2.69. The first-order valence-corrected chi connectivity index (χ1v) is 5.74. The molecule has 1 heterocycles. The maximum Gasteiger partial charge on any atom is 0.248 e. The zero-order valence-electron chi connectivity index (χ0n) is 9.99. The average molecular weight is 266 g/mol. The molecule has 1 N–H and O–H groups in total. The lowest BCUT2D eigenvalue weighted by molar-refractivity contribution is -0.111.